The Kier molecular flexibility index (Phi) is 0.985. The van der Waals surface area contributed by atoms with E-state index in [1.165, 1.54) is 0 Å². The molecule has 1 atom stereocenters. The Hall–Kier alpha value is -0.210. The van der Waals surface area contributed by atoms with Gasteiger partial charge in [-0.25, -0.2) is 0 Å². The topological polar surface area (TPSA) is 0 Å². The van der Waals surface area contributed by atoms with E-state index in [4.69, 9.17) is 0 Å². The van der Waals surface area contributed by atoms with Gasteiger partial charge in [-0.1, -0.05) is 13.8 Å². The van der Waals surface area contributed by atoms with Crippen molar-refractivity contribution < 1.29 is 13.2 Å². The summed E-state index contributed by atoms with van der Waals surface area (Å²) in [7, 11) is 0. The molecule has 0 aromatic carbocycles. The molecule has 3 aliphatic rings. The van der Waals surface area contributed by atoms with E-state index in [1.807, 2.05) is 6.92 Å². The smallest absolute Gasteiger partial charge is 0.170 e. The fourth-order valence-electron chi connectivity index (χ4n) is 2.85. The van der Waals surface area contributed by atoms with Crippen LogP contribution in [0.2, 0.25) is 0 Å². The van der Waals surface area contributed by atoms with Gasteiger partial charge in [-0.15, -0.1) is 0 Å². The molecule has 0 saturated heterocycles. The van der Waals surface area contributed by atoms with Gasteiger partial charge in [0.25, 0.3) is 0 Å². The van der Waals surface area contributed by atoms with Gasteiger partial charge in [0.05, 0.1) is 5.41 Å². The second-order valence-electron chi connectivity index (χ2n) is 4.38. The van der Waals surface area contributed by atoms with Gasteiger partial charge in [-0.05, 0) is 24.2 Å². The molecule has 0 aromatic rings. The van der Waals surface area contributed by atoms with Crippen molar-refractivity contribution >= 4 is 0 Å². The van der Waals surface area contributed by atoms with Crippen molar-refractivity contribution in [3.05, 3.63) is 0 Å². The Morgan fingerprint density at radius 1 is 1.27 bits per heavy atom. The fourth-order valence-corrected chi connectivity index (χ4v) is 2.85. The standard InChI is InChI=1S/C8H11F3/c1-5-6(2)3-7(5,4-6)8(9,10)11/h5H,3-4H2,1-2H3/t5-,6?,7?/m1/s1. The Balaban J connectivity index is 2.20. The second-order valence-corrected chi connectivity index (χ2v) is 4.38. The van der Waals surface area contributed by atoms with Crippen molar-refractivity contribution in [1.82, 2.24) is 0 Å². The molecule has 3 heteroatoms. The lowest BCUT2D eigenvalue weighted by Gasteiger charge is -2.74. The van der Waals surface area contributed by atoms with Crippen LogP contribution in [0.25, 0.3) is 0 Å². The molecule has 0 spiro atoms. The molecule has 0 N–H and O–H groups in total. The molecule has 0 nitrogen and oxygen atoms in total. The van der Waals surface area contributed by atoms with Gasteiger partial charge in [0.15, 0.2) is 0 Å². The van der Waals surface area contributed by atoms with Crippen LogP contribution in [0.1, 0.15) is 26.7 Å². The van der Waals surface area contributed by atoms with E-state index in [-0.39, 0.29) is 11.3 Å². The first kappa shape index (κ1) is 7.44. The normalized spacial score (nSPS) is 54.8. The quantitative estimate of drug-likeness (QED) is 0.516. The minimum Gasteiger partial charge on any atom is -0.170 e. The molecular weight excluding hydrogens is 153 g/mol. The Bertz CT molecular complexity index is 198. The fraction of sp³-hybridized carbons (Fsp3) is 1.00. The zero-order chi connectivity index (χ0) is 8.49. The highest BCUT2D eigenvalue weighted by molar-refractivity contribution is 5.22. The first-order chi connectivity index (χ1) is 4.82. The minimum atomic E-state index is -3.95. The Morgan fingerprint density at radius 3 is 1.82 bits per heavy atom. The zero-order valence-electron chi connectivity index (χ0n) is 6.63. The predicted molar refractivity (Wildman–Crippen MR) is 35.0 cm³/mol. The molecule has 0 aliphatic heterocycles. The summed E-state index contributed by atoms with van der Waals surface area (Å²) in [5.74, 6) is -0.144. The lowest BCUT2D eigenvalue weighted by molar-refractivity contribution is -0.395. The third kappa shape index (κ3) is 0.553. The van der Waals surface area contributed by atoms with Crippen LogP contribution < -0.4 is 0 Å². The summed E-state index contributed by atoms with van der Waals surface area (Å²) < 4.78 is 37.0. The van der Waals surface area contributed by atoms with E-state index in [0.717, 1.165) is 0 Å². The molecule has 64 valence electrons. The molecule has 0 radical (unpaired) electrons. The molecular formula is C8H11F3. The molecule has 0 amide bonds. The van der Waals surface area contributed by atoms with Gasteiger partial charge in [-0.2, -0.15) is 13.2 Å². The minimum absolute atomic E-state index is 0.0233. The van der Waals surface area contributed by atoms with Gasteiger partial charge < -0.3 is 0 Å². The van der Waals surface area contributed by atoms with Crippen molar-refractivity contribution in [2.24, 2.45) is 16.7 Å². The van der Waals surface area contributed by atoms with Gasteiger partial charge in [0.1, 0.15) is 0 Å². The molecule has 3 saturated carbocycles. The first-order valence-electron chi connectivity index (χ1n) is 3.89. The summed E-state index contributed by atoms with van der Waals surface area (Å²) in [6, 6.07) is 0. The number of hydrogen-bond acceptors (Lipinski definition) is 0. The van der Waals surface area contributed by atoms with Crippen LogP contribution in [-0.4, -0.2) is 6.18 Å². The molecule has 3 rings (SSSR count). The van der Waals surface area contributed by atoms with E-state index in [1.54, 1.807) is 6.92 Å². The molecule has 2 bridgehead atoms. The van der Waals surface area contributed by atoms with E-state index in [0.29, 0.717) is 12.8 Å². The van der Waals surface area contributed by atoms with E-state index < -0.39 is 11.6 Å². The number of hydrogen-bond donors (Lipinski definition) is 0. The van der Waals surface area contributed by atoms with Crippen molar-refractivity contribution in [3.8, 4) is 0 Å². The van der Waals surface area contributed by atoms with E-state index >= 15 is 0 Å². The molecule has 3 fully saturated rings. The van der Waals surface area contributed by atoms with Crippen molar-refractivity contribution in [3.63, 3.8) is 0 Å². The summed E-state index contributed by atoms with van der Waals surface area (Å²) in [6.07, 6.45) is -3.22. The molecule has 0 heterocycles. The highest BCUT2D eigenvalue weighted by Crippen LogP contribution is 2.81. The van der Waals surface area contributed by atoms with Crippen LogP contribution in [0.4, 0.5) is 13.2 Å². The Morgan fingerprint density at radius 2 is 1.73 bits per heavy atom. The molecule has 0 unspecified atom stereocenters. The van der Waals surface area contributed by atoms with Gasteiger partial charge in [-0.3, -0.25) is 0 Å². The average Bonchev–Trinajstić information content (AvgIpc) is 1.80. The van der Waals surface area contributed by atoms with Crippen LogP contribution in [0.15, 0.2) is 0 Å². The zero-order valence-corrected chi connectivity index (χ0v) is 6.63. The second kappa shape index (κ2) is 1.46. The molecule has 11 heavy (non-hydrogen) atoms. The first-order valence-corrected chi connectivity index (χ1v) is 3.89. The monoisotopic (exact) mass is 164 g/mol. The van der Waals surface area contributed by atoms with Crippen LogP contribution in [0, 0.1) is 16.7 Å². The van der Waals surface area contributed by atoms with Gasteiger partial charge >= 0.3 is 6.18 Å². The van der Waals surface area contributed by atoms with Crippen LogP contribution >= 0.6 is 0 Å². The number of rotatable bonds is 0. The maximum Gasteiger partial charge on any atom is 0.394 e. The SMILES string of the molecule is C[C@@H]1C2(C)CC1(C(F)(F)F)C2. The maximum absolute atomic E-state index is 12.3. The molecule has 0 aromatic heterocycles. The summed E-state index contributed by atoms with van der Waals surface area (Å²) in [4.78, 5) is 0. The van der Waals surface area contributed by atoms with E-state index in [2.05, 4.69) is 0 Å². The summed E-state index contributed by atoms with van der Waals surface area (Å²) >= 11 is 0. The molecule has 3 aliphatic carbocycles. The summed E-state index contributed by atoms with van der Waals surface area (Å²) in [5.41, 5.74) is -1.25. The maximum atomic E-state index is 12.3. The average molecular weight is 164 g/mol. The third-order valence-electron chi connectivity index (χ3n) is 3.88. The van der Waals surface area contributed by atoms with Crippen molar-refractivity contribution in [2.45, 2.75) is 32.9 Å². The number of halogens is 3. The lowest BCUT2D eigenvalue weighted by atomic mass is 9.30. The van der Waals surface area contributed by atoms with Crippen LogP contribution in [0.3, 0.4) is 0 Å². The number of alkyl halides is 3. The predicted octanol–water partition coefficient (Wildman–Crippen LogP) is 2.98. The Labute approximate surface area is 63.8 Å². The van der Waals surface area contributed by atoms with Gasteiger partial charge in [0, 0.05) is 0 Å². The highest BCUT2D eigenvalue weighted by Gasteiger charge is 2.80. The lowest BCUT2D eigenvalue weighted by Crippen LogP contribution is -2.73. The van der Waals surface area contributed by atoms with Crippen LogP contribution in [-0.2, 0) is 0 Å². The third-order valence-corrected chi connectivity index (χ3v) is 3.88. The summed E-state index contributed by atoms with van der Waals surface area (Å²) in [6.45, 7) is 3.67. The van der Waals surface area contributed by atoms with Crippen LogP contribution in [0.5, 0.6) is 0 Å². The largest absolute Gasteiger partial charge is 0.394 e. The highest BCUT2D eigenvalue weighted by atomic mass is 19.4. The summed E-state index contributed by atoms with van der Waals surface area (Å²) in [5, 5.41) is 0. The van der Waals surface area contributed by atoms with Crippen molar-refractivity contribution in [1.29, 1.82) is 0 Å². The van der Waals surface area contributed by atoms with E-state index in [9.17, 15) is 13.2 Å². The van der Waals surface area contributed by atoms with Gasteiger partial charge in [0.2, 0.25) is 0 Å². The van der Waals surface area contributed by atoms with Crippen molar-refractivity contribution in [2.75, 3.05) is 0 Å².